The average Bonchev–Trinajstić information content (AvgIpc) is 2.87. The molecule has 0 heteroatoms. The van der Waals surface area contributed by atoms with Gasteiger partial charge >= 0.3 is 0 Å². The van der Waals surface area contributed by atoms with Crippen molar-refractivity contribution in [2.45, 2.75) is 220 Å². The fraction of sp³-hybridized carbons (Fsp3) is 1.00. The van der Waals surface area contributed by atoms with Crippen molar-refractivity contribution in [1.82, 2.24) is 0 Å². The van der Waals surface area contributed by atoms with E-state index in [4.69, 9.17) is 0 Å². The quantitative estimate of drug-likeness (QED) is 0.0844. The van der Waals surface area contributed by atoms with Crippen molar-refractivity contribution in [2.75, 3.05) is 0 Å². The molecular formula is C35H72. The lowest BCUT2D eigenvalue weighted by molar-refractivity contribution is 0.392. The Bertz CT molecular complexity index is 314. The van der Waals surface area contributed by atoms with E-state index in [9.17, 15) is 0 Å². The zero-order chi connectivity index (χ0) is 25.5. The second-order valence-corrected chi connectivity index (χ2v) is 12.0. The van der Waals surface area contributed by atoms with Crippen LogP contribution in [0, 0.1) is 5.92 Å². The Balaban J connectivity index is 3.25. The van der Waals surface area contributed by atoms with Gasteiger partial charge in [0.2, 0.25) is 0 Å². The molecule has 0 aliphatic rings. The molecule has 35 heavy (non-hydrogen) atoms. The van der Waals surface area contributed by atoms with Gasteiger partial charge in [-0.25, -0.2) is 0 Å². The highest BCUT2D eigenvalue weighted by Crippen LogP contribution is 2.22. The number of hydrogen-bond donors (Lipinski definition) is 0. The maximum absolute atomic E-state index is 2.43. The number of unbranched alkanes of at least 4 members (excludes halogenated alkanes) is 26. The summed E-state index contributed by atoms with van der Waals surface area (Å²) >= 11 is 0. The molecule has 0 rings (SSSR count). The van der Waals surface area contributed by atoms with Crippen LogP contribution < -0.4 is 0 Å². The summed E-state index contributed by atoms with van der Waals surface area (Å²) in [6, 6.07) is 0. The van der Waals surface area contributed by atoms with Crippen LogP contribution in [0.2, 0.25) is 0 Å². The molecule has 0 aliphatic heterocycles. The van der Waals surface area contributed by atoms with Gasteiger partial charge in [0.15, 0.2) is 0 Å². The maximum atomic E-state index is 2.43. The van der Waals surface area contributed by atoms with E-state index < -0.39 is 0 Å². The van der Waals surface area contributed by atoms with Gasteiger partial charge in [0.25, 0.3) is 0 Å². The minimum Gasteiger partial charge on any atom is -0.0654 e. The summed E-state index contributed by atoms with van der Waals surface area (Å²) in [6.45, 7) is 7.05. The van der Waals surface area contributed by atoms with Crippen LogP contribution in [0.3, 0.4) is 0 Å². The molecule has 0 fully saturated rings. The topological polar surface area (TPSA) is 0 Å². The molecule has 0 aromatic rings. The van der Waals surface area contributed by atoms with Crippen LogP contribution >= 0.6 is 0 Å². The molecule has 0 aromatic carbocycles. The van der Waals surface area contributed by atoms with Crippen LogP contribution in [0.4, 0.5) is 0 Å². The van der Waals surface area contributed by atoms with Gasteiger partial charge in [-0.05, 0) is 5.92 Å². The molecule has 0 aliphatic carbocycles. The Labute approximate surface area is 225 Å². The van der Waals surface area contributed by atoms with Crippen molar-refractivity contribution < 1.29 is 0 Å². The van der Waals surface area contributed by atoms with Crippen molar-refractivity contribution >= 4 is 0 Å². The van der Waals surface area contributed by atoms with Gasteiger partial charge in [-0.1, -0.05) is 220 Å². The van der Waals surface area contributed by atoms with Crippen molar-refractivity contribution in [1.29, 1.82) is 0 Å². The molecule has 0 spiro atoms. The summed E-state index contributed by atoms with van der Waals surface area (Å²) in [5, 5.41) is 0. The van der Waals surface area contributed by atoms with E-state index in [1.165, 1.54) is 199 Å². The molecule has 0 nitrogen and oxygen atoms in total. The summed E-state index contributed by atoms with van der Waals surface area (Å²) in [6.07, 6.45) is 45.8. The third-order valence-electron chi connectivity index (χ3n) is 8.51. The lowest BCUT2D eigenvalue weighted by Crippen LogP contribution is -1.99. The highest BCUT2D eigenvalue weighted by Gasteiger charge is 2.06. The van der Waals surface area contributed by atoms with E-state index in [2.05, 4.69) is 20.8 Å². The van der Waals surface area contributed by atoms with Crippen LogP contribution in [0.15, 0.2) is 0 Å². The monoisotopic (exact) mass is 493 g/mol. The summed E-state index contributed by atoms with van der Waals surface area (Å²) in [7, 11) is 0. The van der Waals surface area contributed by atoms with Gasteiger partial charge in [0.05, 0.1) is 0 Å². The van der Waals surface area contributed by atoms with E-state index in [1.54, 1.807) is 0 Å². The van der Waals surface area contributed by atoms with Gasteiger partial charge in [-0.15, -0.1) is 0 Å². The fourth-order valence-electron chi connectivity index (χ4n) is 5.81. The van der Waals surface area contributed by atoms with Crippen molar-refractivity contribution in [3.8, 4) is 0 Å². The second-order valence-electron chi connectivity index (χ2n) is 12.0. The van der Waals surface area contributed by atoms with Crippen LogP contribution in [-0.2, 0) is 0 Å². The fourth-order valence-corrected chi connectivity index (χ4v) is 5.81. The zero-order valence-electron chi connectivity index (χ0n) is 25.5. The van der Waals surface area contributed by atoms with E-state index in [1.807, 2.05) is 0 Å². The van der Waals surface area contributed by atoms with Gasteiger partial charge in [0, 0.05) is 0 Å². The van der Waals surface area contributed by atoms with Crippen molar-refractivity contribution in [3.05, 3.63) is 0 Å². The average molecular weight is 493 g/mol. The number of rotatable bonds is 31. The smallest absolute Gasteiger partial charge is 0.0417 e. The molecule has 0 heterocycles. The molecule has 0 N–H and O–H groups in total. The van der Waals surface area contributed by atoms with Gasteiger partial charge in [-0.2, -0.15) is 0 Å². The third-order valence-corrected chi connectivity index (χ3v) is 8.51. The van der Waals surface area contributed by atoms with Crippen molar-refractivity contribution in [3.63, 3.8) is 0 Å². The SMILES string of the molecule is CCCCCCCCCCCCCCCCC(CC)CCCCCCCCCCCCCCCC. The molecule has 0 unspecified atom stereocenters. The highest BCUT2D eigenvalue weighted by atomic mass is 14.1. The first-order valence-electron chi connectivity index (χ1n) is 17.3. The Morgan fingerprint density at radius 1 is 0.257 bits per heavy atom. The first-order valence-corrected chi connectivity index (χ1v) is 17.3. The van der Waals surface area contributed by atoms with Crippen LogP contribution in [-0.4, -0.2) is 0 Å². The Morgan fingerprint density at radius 2 is 0.457 bits per heavy atom. The zero-order valence-corrected chi connectivity index (χ0v) is 25.5. The molecule has 0 amide bonds. The van der Waals surface area contributed by atoms with Gasteiger partial charge in [0.1, 0.15) is 0 Å². The third kappa shape index (κ3) is 30.1. The number of hydrogen-bond acceptors (Lipinski definition) is 0. The molecule has 0 aromatic heterocycles. The van der Waals surface area contributed by atoms with Crippen molar-refractivity contribution in [2.24, 2.45) is 5.92 Å². The Kier molecular flexibility index (Phi) is 32.0. The Morgan fingerprint density at radius 3 is 0.657 bits per heavy atom. The maximum Gasteiger partial charge on any atom is -0.0417 e. The first kappa shape index (κ1) is 35.0. The second kappa shape index (κ2) is 32.0. The lowest BCUT2D eigenvalue weighted by Gasteiger charge is -2.14. The largest absolute Gasteiger partial charge is 0.0654 e. The lowest BCUT2D eigenvalue weighted by atomic mass is 9.92. The summed E-state index contributed by atoms with van der Waals surface area (Å²) in [5.74, 6) is 1.02. The van der Waals surface area contributed by atoms with Gasteiger partial charge in [-0.3, -0.25) is 0 Å². The predicted octanol–water partition coefficient (Wildman–Crippen LogP) is 13.8. The highest BCUT2D eigenvalue weighted by molar-refractivity contribution is 4.59. The predicted molar refractivity (Wildman–Crippen MR) is 164 cm³/mol. The molecular weight excluding hydrogens is 420 g/mol. The van der Waals surface area contributed by atoms with Crippen LogP contribution in [0.5, 0.6) is 0 Å². The molecule has 0 saturated carbocycles. The molecule has 0 saturated heterocycles. The molecule has 212 valence electrons. The summed E-state index contributed by atoms with van der Waals surface area (Å²) in [5.41, 5.74) is 0. The van der Waals surface area contributed by atoms with E-state index in [-0.39, 0.29) is 0 Å². The first-order chi connectivity index (χ1) is 17.3. The molecule has 0 bridgehead atoms. The van der Waals surface area contributed by atoms with E-state index in [0.717, 1.165) is 5.92 Å². The standard InChI is InChI=1S/C35H72/c1-4-7-9-11-13-15-17-19-21-23-25-27-29-31-33-35(6-3)34-32-30-28-26-24-22-20-18-16-14-12-10-8-5-2/h35H,4-34H2,1-3H3. The minimum absolute atomic E-state index is 1.02. The Hall–Kier alpha value is 0. The minimum atomic E-state index is 1.02. The summed E-state index contributed by atoms with van der Waals surface area (Å²) in [4.78, 5) is 0. The van der Waals surface area contributed by atoms with Crippen LogP contribution in [0.1, 0.15) is 220 Å². The van der Waals surface area contributed by atoms with Crippen LogP contribution in [0.25, 0.3) is 0 Å². The van der Waals surface area contributed by atoms with E-state index in [0.29, 0.717) is 0 Å². The molecule has 0 atom stereocenters. The normalized spacial score (nSPS) is 11.7. The summed E-state index contributed by atoms with van der Waals surface area (Å²) < 4.78 is 0. The molecule has 0 radical (unpaired) electrons. The van der Waals surface area contributed by atoms with E-state index >= 15 is 0 Å². The van der Waals surface area contributed by atoms with Gasteiger partial charge < -0.3 is 0 Å².